The Bertz CT molecular complexity index is 473. The van der Waals surface area contributed by atoms with Crippen LogP contribution in [-0.2, 0) is 29.1 Å². The molecule has 3 saturated heterocycles. The van der Waals surface area contributed by atoms with E-state index >= 15 is 0 Å². The average molecular weight is 280 g/mol. The molecule has 0 aliphatic carbocycles. The molecule has 3 aliphatic heterocycles. The molecule has 0 spiro atoms. The van der Waals surface area contributed by atoms with E-state index < -0.39 is 34.4 Å². The molecule has 6 atom stereocenters. The van der Waals surface area contributed by atoms with E-state index in [4.69, 9.17) is 18.8 Å². The molecule has 2 N–H and O–H groups in total. The highest BCUT2D eigenvalue weighted by molar-refractivity contribution is 7.85. The van der Waals surface area contributed by atoms with Crippen LogP contribution < -0.4 is 0 Å². The number of carbonyl (C=O) groups excluding carboxylic acids is 1. The summed E-state index contributed by atoms with van der Waals surface area (Å²) in [5.74, 6) is -1.55. The molecule has 8 nitrogen and oxygen atoms in total. The van der Waals surface area contributed by atoms with E-state index in [9.17, 15) is 18.3 Å². The predicted octanol–water partition coefficient (Wildman–Crippen LogP) is -1.71. The van der Waals surface area contributed by atoms with E-state index in [1.54, 1.807) is 0 Å². The first-order chi connectivity index (χ1) is 8.35. The fourth-order valence-electron chi connectivity index (χ4n) is 2.80. The van der Waals surface area contributed by atoms with Crippen LogP contribution in [0, 0.1) is 5.92 Å². The van der Waals surface area contributed by atoms with Gasteiger partial charge in [0.1, 0.15) is 18.0 Å². The van der Waals surface area contributed by atoms with Crippen molar-refractivity contribution in [3.05, 3.63) is 0 Å². The Hall–Kier alpha value is -0.740. The lowest BCUT2D eigenvalue weighted by atomic mass is 9.88. The third-order valence-corrected chi connectivity index (χ3v) is 4.16. The first-order valence-corrected chi connectivity index (χ1v) is 7.11. The van der Waals surface area contributed by atoms with Crippen LogP contribution in [0.1, 0.15) is 6.42 Å². The molecule has 0 saturated carbocycles. The molecule has 0 amide bonds. The van der Waals surface area contributed by atoms with E-state index in [2.05, 4.69) is 0 Å². The molecule has 3 aliphatic rings. The van der Waals surface area contributed by atoms with Gasteiger partial charge >= 0.3 is 5.97 Å². The van der Waals surface area contributed by atoms with Crippen molar-refractivity contribution >= 4 is 16.1 Å². The second kappa shape index (κ2) is 3.87. The van der Waals surface area contributed by atoms with Gasteiger partial charge in [-0.3, -0.25) is 9.35 Å². The molecule has 0 aromatic rings. The highest BCUT2D eigenvalue weighted by atomic mass is 32.2. The van der Waals surface area contributed by atoms with Gasteiger partial charge in [-0.15, -0.1) is 0 Å². The summed E-state index contributed by atoms with van der Waals surface area (Å²) in [5, 5.41) is 9.41. The van der Waals surface area contributed by atoms with Gasteiger partial charge < -0.3 is 19.3 Å². The van der Waals surface area contributed by atoms with Crippen molar-refractivity contribution in [3.8, 4) is 0 Å². The van der Waals surface area contributed by atoms with Crippen LogP contribution >= 0.6 is 0 Å². The Balaban J connectivity index is 1.67. The van der Waals surface area contributed by atoms with Crippen LogP contribution in [0.4, 0.5) is 0 Å². The van der Waals surface area contributed by atoms with Crippen molar-refractivity contribution in [1.82, 2.24) is 0 Å². The van der Waals surface area contributed by atoms with Crippen molar-refractivity contribution in [2.75, 3.05) is 5.75 Å². The van der Waals surface area contributed by atoms with Crippen molar-refractivity contribution in [1.29, 1.82) is 0 Å². The van der Waals surface area contributed by atoms with Crippen LogP contribution in [0.25, 0.3) is 0 Å². The van der Waals surface area contributed by atoms with Crippen molar-refractivity contribution in [2.45, 2.75) is 37.1 Å². The lowest BCUT2D eigenvalue weighted by molar-refractivity contribution is -0.166. The second-order valence-electron chi connectivity index (χ2n) is 4.69. The van der Waals surface area contributed by atoms with E-state index in [1.165, 1.54) is 0 Å². The fraction of sp³-hybridized carbons (Fsp3) is 0.889. The molecule has 0 aromatic heterocycles. The molecule has 9 heteroatoms. The zero-order valence-corrected chi connectivity index (χ0v) is 9.95. The van der Waals surface area contributed by atoms with E-state index in [1.807, 2.05) is 0 Å². The summed E-state index contributed by atoms with van der Waals surface area (Å²) in [6.45, 7) is 0. The number of fused-ring (bicyclic) bond motifs is 1. The summed E-state index contributed by atoms with van der Waals surface area (Å²) in [7, 11) is -4.33. The quantitative estimate of drug-likeness (QED) is 0.355. The number of carbonyl (C=O) groups is 1. The maximum Gasteiger partial charge on any atom is 0.312 e. The van der Waals surface area contributed by atoms with Crippen LogP contribution in [0.2, 0.25) is 0 Å². The molecule has 3 rings (SSSR count). The minimum absolute atomic E-state index is 0.279. The van der Waals surface area contributed by atoms with Gasteiger partial charge in [-0.2, -0.15) is 8.42 Å². The number of aliphatic hydroxyl groups excluding tert-OH is 1. The van der Waals surface area contributed by atoms with Gasteiger partial charge in [0.2, 0.25) is 0 Å². The molecule has 18 heavy (non-hydrogen) atoms. The normalized spacial score (nSPS) is 43.2. The lowest BCUT2D eigenvalue weighted by Crippen LogP contribution is -2.42. The molecule has 0 radical (unpaired) electrons. The van der Waals surface area contributed by atoms with E-state index in [0.29, 0.717) is 6.42 Å². The molecule has 0 aromatic carbocycles. The Labute approximate surface area is 103 Å². The number of hydrogen-bond donors (Lipinski definition) is 2. The van der Waals surface area contributed by atoms with E-state index in [-0.39, 0.29) is 24.1 Å². The van der Waals surface area contributed by atoms with Gasteiger partial charge in [0.05, 0.1) is 12.0 Å². The van der Waals surface area contributed by atoms with Gasteiger partial charge in [0.25, 0.3) is 10.1 Å². The van der Waals surface area contributed by atoms with Gasteiger partial charge in [-0.1, -0.05) is 0 Å². The Kier molecular flexibility index (Phi) is 2.65. The number of ether oxygens (including phenoxy) is 3. The maximum absolute atomic E-state index is 11.4. The number of hydrogen-bond acceptors (Lipinski definition) is 7. The monoisotopic (exact) mass is 280 g/mol. The SMILES string of the molecule is O=C1OC2C(OC(O)CS(=O)(=O)O)C3CC1C2O3. The standard InChI is InChI=1S/C9H12O8S/c10-5(2-18(12,13)14)16-7-4-1-3-6(15-4)8(7)17-9(3)11/h3-8,10H,1-2H2,(H,12,13,14). The third kappa shape index (κ3) is 1.91. The fourth-order valence-corrected chi connectivity index (χ4v) is 3.24. The summed E-state index contributed by atoms with van der Waals surface area (Å²) >= 11 is 0. The largest absolute Gasteiger partial charge is 0.456 e. The minimum atomic E-state index is -4.33. The number of esters is 1. The molecule has 2 bridgehead atoms. The first-order valence-electron chi connectivity index (χ1n) is 5.50. The second-order valence-corrected chi connectivity index (χ2v) is 6.18. The molecular weight excluding hydrogens is 268 g/mol. The van der Waals surface area contributed by atoms with Crippen LogP contribution in [0.3, 0.4) is 0 Å². The lowest BCUT2D eigenvalue weighted by Gasteiger charge is -2.24. The molecule has 3 fully saturated rings. The maximum atomic E-state index is 11.4. The van der Waals surface area contributed by atoms with Crippen LogP contribution in [-0.4, -0.2) is 60.5 Å². The highest BCUT2D eigenvalue weighted by Gasteiger charge is 2.64. The van der Waals surface area contributed by atoms with Crippen LogP contribution in [0.5, 0.6) is 0 Å². The smallest absolute Gasteiger partial charge is 0.312 e. The van der Waals surface area contributed by atoms with Crippen molar-refractivity contribution < 1.29 is 37.1 Å². The summed E-state index contributed by atoms with van der Waals surface area (Å²) in [4.78, 5) is 11.4. The van der Waals surface area contributed by atoms with Crippen molar-refractivity contribution in [2.24, 2.45) is 5.92 Å². The molecule has 6 unspecified atom stereocenters. The van der Waals surface area contributed by atoms with Crippen molar-refractivity contribution in [3.63, 3.8) is 0 Å². The molecule has 3 heterocycles. The van der Waals surface area contributed by atoms with Gasteiger partial charge in [0, 0.05) is 0 Å². The molecule has 102 valence electrons. The van der Waals surface area contributed by atoms with Gasteiger partial charge in [-0.05, 0) is 6.42 Å². The van der Waals surface area contributed by atoms with Gasteiger partial charge in [-0.25, -0.2) is 0 Å². The Morgan fingerprint density at radius 2 is 2.17 bits per heavy atom. The minimum Gasteiger partial charge on any atom is -0.456 e. The summed E-state index contributed by atoms with van der Waals surface area (Å²) in [6.07, 6.45) is -3.26. The summed E-state index contributed by atoms with van der Waals surface area (Å²) < 4.78 is 45.4. The Morgan fingerprint density at radius 1 is 1.44 bits per heavy atom. The van der Waals surface area contributed by atoms with Crippen LogP contribution in [0.15, 0.2) is 0 Å². The average Bonchev–Trinajstić information content (AvgIpc) is 2.79. The third-order valence-electron chi connectivity index (χ3n) is 3.45. The van der Waals surface area contributed by atoms with E-state index in [0.717, 1.165) is 0 Å². The topological polar surface area (TPSA) is 119 Å². The molecular formula is C9H12O8S. The predicted molar refractivity (Wildman–Crippen MR) is 53.9 cm³/mol. The first kappa shape index (κ1) is 12.3. The highest BCUT2D eigenvalue weighted by Crippen LogP contribution is 2.47. The summed E-state index contributed by atoms with van der Waals surface area (Å²) in [6, 6.07) is 0. The zero-order valence-electron chi connectivity index (χ0n) is 9.13. The number of rotatable bonds is 4. The zero-order chi connectivity index (χ0) is 13.1. The summed E-state index contributed by atoms with van der Waals surface area (Å²) in [5.41, 5.74) is 0. The van der Waals surface area contributed by atoms with Gasteiger partial charge in [0.15, 0.2) is 12.4 Å². The number of aliphatic hydroxyl groups is 1. The Morgan fingerprint density at radius 3 is 2.83 bits per heavy atom.